The molecule has 0 amide bonds. The van der Waals surface area contributed by atoms with Crippen molar-refractivity contribution in [3.8, 4) is 5.75 Å². The summed E-state index contributed by atoms with van der Waals surface area (Å²) in [6, 6.07) is 2.00. The molecule has 1 heterocycles. The van der Waals surface area contributed by atoms with Crippen LogP contribution in [-0.4, -0.2) is 40.4 Å². The van der Waals surface area contributed by atoms with Gasteiger partial charge in [-0.3, -0.25) is 0 Å². The predicted molar refractivity (Wildman–Crippen MR) is 74.9 cm³/mol. The van der Waals surface area contributed by atoms with Crippen LogP contribution in [0.3, 0.4) is 0 Å². The molecule has 1 aromatic carbocycles. The lowest BCUT2D eigenvalue weighted by atomic mass is 9.52. The Morgan fingerprint density at radius 2 is 1.84 bits per heavy atom. The van der Waals surface area contributed by atoms with E-state index in [2.05, 4.69) is 5.32 Å². The average Bonchev–Trinajstić information content (AvgIpc) is 2.60. The van der Waals surface area contributed by atoms with Gasteiger partial charge in [0.1, 0.15) is 40.9 Å². The van der Waals surface area contributed by atoms with Gasteiger partial charge in [-0.05, 0) is 5.30 Å². The van der Waals surface area contributed by atoms with E-state index in [1.165, 1.54) is 0 Å². The van der Waals surface area contributed by atoms with Gasteiger partial charge in [-0.15, -0.1) is 0 Å². The van der Waals surface area contributed by atoms with Crippen molar-refractivity contribution in [3.63, 3.8) is 0 Å². The lowest BCUT2D eigenvalue weighted by Gasteiger charge is -2.24. The zero-order chi connectivity index (χ0) is 14.2. The van der Waals surface area contributed by atoms with Gasteiger partial charge >= 0.3 is 0 Å². The third-order valence-corrected chi connectivity index (χ3v) is 3.04. The van der Waals surface area contributed by atoms with Crippen LogP contribution >= 0.6 is 12.2 Å². The molecule has 0 spiro atoms. The lowest BCUT2D eigenvalue weighted by molar-refractivity contribution is 0.314. The Morgan fingerprint density at radius 3 is 2.26 bits per heavy atom. The number of halogens is 2. The Bertz CT molecular complexity index is 498. The standard InChI is InChI=1S/C11H8B3F2NOS/c12-11(13,14)18-6-2-7(15)10(8(16)3-6)5-1-9(19)17-4-5/h2-3,5H,1,4H2,(H,17,19)/t5-/m0/s1. The summed E-state index contributed by atoms with van der Waals surface area (Å²) in [5.74, 6) is -1.98. The molecule has 1 aliphatic rings. The second-order valence-corrected chi connectivity index (χ2v) is 4.95. The van der Waals surface area contributed by atoms with Crippen molar-refractivity contribution in [2.75, 3.05) is 6.54 Å². The fourth-order valence-electron chi connectivity index (χ4n) is 2.02. The number of thiocarbonyl (C=S) groups is 1. The van der Waals surface area contributed by atoms with Crippen LogP contribution in [0.4, 0.5) is 8.78 Å². The van der Waals surface area contributed by atoms with Crippen LogP contribution in [0.2, 0.25) is 0 Å². The topological polar surface area (TPSA) is 21.3 Å². The molecule has 0 aliphatic carbocycles. The summed E-state index contributed by atoms with van der Waals surface area (Å²) in [6.45, 7) is 0.404. The number of ether oxygens (including phenoxy) is 1. The Kier molecular flexibility index (Phi) is 3.90. The van der Waals surface area contributed by atoms with Gasteiger partial charge < -0.3 is 10.1 Å². The number of nitrogens with one attached hydrogen (secondary N) is 1. The molecule has 0 bridgehead atoms. The maximum absolute atomic E-state index is 14.0. The Hall–Kier alpha value is -1.04. The molecule has 1 atom stereocenters. The van der Waals surface area contributed by atoms with Crippen LogP contribution < -0.4 is 10.1 Å². The van der Waals surface area contributed by atoms with Crippen molar-refractivity contribution in [1.29, 1.82) is 0 Å². The molecular weight excluding hydrogens is 265 g/mol. The molecule has 0 aromatic heterocycles. The van der Waals surface area contributed by atoms with E-state index >= 15 is 0 Å². The Labute approximate surface area is 119 Å². The molecule has 2 nitrogen and oxygen atoms in total. The highest BCUT2D eigenvalue weighted by Gasteiger charge is 2.27. The Balaban J connectivity index is 2.30. The second-order valence-electron chi connectivity index (χ2n) is 4.46. The number of rotatable bonds is 3. The second kappa shape index (κ2) is 5.15. The van der Waals surface area contributed by atoms with E-state index in [1.54, 1.807) is 0 Å². The van der Waals surface area contributed by atoms with Gasteiger partial charge in [0.05, 0.1) is 4.99 Å². The molecular formula is C11H8B3F2NOS. The lowest BCUT2D eigenvalue weighted by Crippen LogP contribution is -2.37. The monoisotopic (exact) mass is 273 g/mol. The van der Waals surface area contributed by atoms with Crippen LogP contribution in [-0.2, 0) is 0 Å². The summed E-state index contributed by atoms with van der Waals surface area (Å²) in [6.07, 6.45) is 0.415. The zero-order valence-electron chi connectivity index (χ0n) is 9.95. The highest BCUT2D eigenvalue weighted by atomic mass is 32.1. The maximum Gasteiger partial charge on any atom is 0.133 e. The van der Waals surface area contributed by atoms with Crippen molar-refractivity contribution in [3.05, 3.63) is 29.3 Å². The summed E-state index contributed by atoms with van der Waals surface area (Å²) in [7, 11) is 15.6. The zero-order valence-corrected chi connectivity index (χ0v) is 10.8. The van der Waals surface area contributed by atoms with Gasteiger partial charge in [0.2, 0.25) is 0 Å². The molecule has 6 radical (unpaired) electrons. The van der Waals surface area contributed by atoms with Crippen LogP contribution in [0, 0.1) is 11.6 Å². The number of hydrogen-bond donors (Lipinski definition) is 1. The first kappa shape index (κ1) is 14.4. The van der Waals surface area contributed by atoms with E-state index < -0.39 is 16.9 Å². The fourth-order valence-corrected chi connectivity index (χ4v) is 2.31. The van der Waals surface area contributed by atoms with E-state index in [4.69, 9.17) is 40.5 Å². The molecule has 1 N–H and O–H groups in total. The highest BCUT2D eigenvalue weighted by molar-refractivity contribution is 7.80. The van der Waals surface area contributed by atoms with Crippen molar-refractivity contribution in [2.45, 2.75) is 17.6 Å². The van der Waals surface area contributed by atoms with Crippen LogP contribution in [0.5, 0.6) is 5.75 Å². The first-order valence-electron chi connectivity index (χ1n) is 5.57. The van der Waals surface area contributed by atoms with Gasteiger partial charge in [0, 0.05) is 36.6 Å². The highest BCUT2D eigenvalue weighted by Crippen LogP contribution is 2.31. The van der Waals surface area contributed by atoms with E-state index in [0.29, 0.717) is 18.0 Å². The summed E-state index contributed by atoms with van der Waals surface area (Å²) in [5, 5.41) is 0.893. The minimum atomic E-state index is -1.99. The maximum atomic E-state index is 14.0. The van der Waals surface area contributed by atoms with Crippen molar-refractivity contribution >= 4 is 40.7 Å². The van der Waals surface area contributed by atoms with Gasteiger partial charge in [0.25, 0.3) is 0 Å². The molecule has 1 aliphatic heterocycles. The average molecular weight is 273 g/mol. The smallest absolute Gasteiger partial charge is 0.133 e. The number of benzene rings is 1. The predicted octanol–water partition coefficient (Wildman–Crippen LogP) is 0.865. The van der Waals surface area contributed by atoms with Gasteiger partial charge in [-0.1, -0.05) is 12.2 Å². The van der Waals surface area contributed by atoms with Crippen LogP contribution in [0.25, 0.3) is 0 Å². The first-order valence-corrected chi connectivity index (χ1v) is 5.98. The third kappa shape index (κ3) is 3.50. The SMILES string of the molecule is [B]C([B])([B])Oc1cc(F)c([C@@H]2CNC(=S)C2)c(F)c1. The molecule has 1 aromatic rings. The van der Waals surface area contributed by atoms with Crippen molar-refractivity contribution < 1.29 is 13.5 Å². The summed E-state index contributed by atoms with van der Waals surface area (Å²) in [4.78, 5) is 0.592. The normalized spacial score (nSPS) is 19.3. The molecule has 0 saturated carbocycles. The van der Waals surface area contributed by atoms with Crippen LogP contribution in [0.1, 0.15) is 17.9 Å². The van der Waals surface area contributed by atoms with E-state index in [0.717, 1.165) is 12.1 Å². The van der Waals surface area contributed by atoms with E-state index in [-0.39, 0.29) is 17.2 Å². The van der Waals surface area contributed by atoms with Crippen molar-refractivity contribution in [1.82, 2.24) is 5.32 Å². The largest absolute Gasteiger partial charge is 0.516 e. The molecule has 1 fully saturated rings. The van der Waals surface area contributed by atoms with Crippen LogP contribution in [0.15, 0.2) is 12.1 Å². The van der Waals surface area contributed by atoms with E-state index in [9.17, 15) is 8.78 Å². The van der Waals surface area contributed by atoms with Gasteiger partial charge in [-0.2, -0.15) is 0 Å². The van der Waals surface area contributed by atoms with Crippen molar-refractivity contribution in [2.24, 2.45) is 0 Å². The summed E-state index contributed by atoms with van der Waals surface area (Å²) < 4.78 is 32.7. The quantitative estimate of drug-likeness (QED) is 0.652. The first-order chi connectivity index (χ1) is 8.76. The third-order valence-electron chi connectivity index (χ3n) is 2.73. The molecule has 1 saturated heterocycles. The number of hydrogen-bond acceptors (Lipinski definition) is 2. The molecule has 92 valence electrons. The Morgan fingerprint density at radius 1 is 1.26 bits per heavy atom. The fraction of sp³-hybridized carbons (Fsp3) is 0.364. The molecule has 2 rings (SSSR count). The summed E-state index contributed by atoms with van der Waals surface area (Å²) in [5.41, 5.74) is -0.0311. The molecule has 19 heavy (non-hydrogen) atoms. The molecule has 8 heteroatoms. The van der Waals surface area contributed by atoms with E-state index in [1.807, 2.05) is 0 Å². The minimum Gasteiger partial charge on any atom is -0.516 e. The van der Waals surface area contributed by atoms with Gasteiger partial charge in [0.15, 0.2) is 0 Å². The molecule has 0 unspecified atom stereocenters. The minimum absolute atomic E-state index is 0.0311. The van der Waals surface area contributed by atoms with Gasteiger partial charge in [-0.25, -0.2) is 8.78 Å². The summed E-state index contributed by atoms with van der Waals surface area (Å²) >= 11 is 4.95.